The molecule has 0 aromatic carbocycles. The summed E-state index contributed by atoms with van der Waals surface area (Å²) in [5.41, 5.74) is -0.0587. The summed E-state index contributed by atoms with van der Waals surface area (Å²) in [6, 6.07) is 0. The topological polar surface area (TPSA) is 58.0 Å². The molecule has 0 aliphatic carbocycles. The van der Waals surface area contributed by atoms with Crippen LogP contribution < -0.4 is 0 Å². The van der Waals surface area contributed by atoms with Crippen molar-refractivity contribution in [3.63, 3.8) is 0 Å². The van der Waals surface area contributed by atoms with E-state index in [0.717, 1.165) is 0 Å². The van der Waals surface area contributed by atoms with Crippen LogP contribution in [0.5, 0.6) is 0 Å². The van der Waals surface area contributed by atoms with Gasteiger partial charge in [0.1, 0.15) is 0 Å². The van der Waals surface area contributed by atoms with Crippen LogP contribution in [0.2, 0.25) is 0 Å². The molecular weight excluding hydrogens is 166 g/mol. The van der Waals surface area contributed by atoms with Gasteiger partial charge in [-0.25, -0.2) is 0 Å². The highest BCUT2D eigenvalue weighted by Crippen LogP contribution is 2.00. The third-order valence-electron chi connectivity index (χ3n) is 1.42. The zero-order valence-corrected chi connectivity index (χ0v) is 8.05. The summed E-state index contributed by atoms with van der Waals surface area (Å²) in [5, 5.41) is 7.09. The molecule has 0 heterocycles. The van der Waals surface area contributed by atoms with Gasteiger partial charge in [-0.3, -0.25) is 9.59 Å². The van der Waals surface area contributed by atoms with Gasteiger partial charge in [0.05, 0.1) is 11.3 Å². The molecule has 0 bridgehead atoms. The molecule has 1 N–H and O–H groups in total. The van der Waals surface area contributed by atoms with Gasteiger partial charge in [-0.15, -0.1) is 0 Å². The Kier molecular flexibility index (Phi) is 4.59. The molecule has 0 unspecified atom stereocenters. The van der Waals surface area contributed by atoms with Crippen molar-refractivity contribution in [1.29, 1.82) is 5.41 Å². The Labute approximate surface area is 77.7 Å². The van der Waals surface area contributed by atoms with Crippen molar-refractivity contribution >= 4 is 17.3 Å². The van der Waals surface area contributed by atoms with Gasteiger partial charge in [0, 0.05) is 0 Å². The fraction of sp³-hybridized carbons (Fsp3) is 0.300. The van der Waals surface area contributed by atoms with E-state index >= 15 is 0 Å². The third-order valence-corrected chi connectivity index (χ3v) is 1.42. The first-order valence-electron chi connectivity index (χ1n) is 3.94. The highest BCUT2D eigenvalue weighted by atomic mass is 16.1. The van der Waals surface area contributed by atoms with Gasteiger partial charge in [-0.05, 0) is 26.8 Å². The van der Waals surface area contributed by atoms with Crippen molar-refractivity contribution in [3.8, 4) is 0 Å². The minimum atomic E-state index is -0.509. The molecule has 0 aromatic rings. The highest BCUT2D eigenvalue weighted by molar-refractivity contribution is 6.49. The maximum Gasteiger partial charge on any atom is 0.209 e. The number of Topliss-reactive ketones (excluding diaryl/α,β-unsaturated/α-hetero) is 2. The number of hydrogen-bond acceptors (Lipinski definition) is 3. The number of allylic oxidation sites excluding steroid dienone is 4. The van der Waals surface area contributed by atoms with E-state index in [0.29, 0.717) is 0 Å². The van der Waals surface area contributed by atoms with Crippen molar-refractivity contribution < 1.29 is 9.59 Å². The number of hydrogen-bond donors (Lipinski definition) is 1. The zero-order chi connectivity index (χ0) is 10.4. The molecule has 0 aliphatic rings. The Bertz CT molecular complexity index is 298. The van der Waals surface area contributed by atoms with E-state index in [1.54, 1.807) is 19.1 Å². The average Bonchev–Trinajstić information content (AvgIpc) is 2.04. The first-order valence-corrected chi connectivity index (χ1v) is 3.94. The van der Waals surface area contributed by atoms with E-state index in [4.69, 9.17) is 5.41 Å². The Hall–Kier alpha value is -1.51. The van der Waals surface area contributed by atoms with Crippen molar-refractivity contribution in [3.05, 3.63) is 23.8 Å². The molecule has 0 aliphatic heterocycles. The molecule has 0 radical (unpaired) electrons. The number of carbonyl (C=O) groups is 2. The molecule has 3 nitrogen and oxygen atoms in total. The lowest BCUT2D eigenvalue weighted by Gasteiger charge is -1.98. The van der Waals surface area contributed by atoms with Crippen molar-refractivity contribution in [2.24, 2.45) is 0 Å². The highest BCUT2D eigenvalue weighted by Gasteiger charge is 2.14. The maximum absolute atomic E-state index is 11.2. The monoisotopic (exact) mass is 179 g/mol. The number of carbonyl (C=O) groups excluding carboxylic acids is 2. The van der Waals surface area contributed by atoms with Crippen molar-refractivity contribution in [2.45, 2.75) is 20.8 Å². The molecule has 70 valence electrons. The van der Waals surface area contributed by atoms with E-state index in [1.165, 1.54) is 19.9 Å². The van der Waals surface area contributed by atoms with Gasteiger partial charge < -0.3 is 5.41 Å². The van der Waals surface area contributed by atoms with Crippen LogP contribution in [-0.4, -0.2) is 17.3 Å². The predicted molar refractivity (Wildman–Crippen MR) is 52.0 cm³/mol. The lowest BCUT2D eigenvalue weighted by Crippen LogP contribution is -2.16. The summed E-state index contributed by atoms with van der Waals surface area (Å²) < 4.78 is 0. The normalized spacial score (nSPS) is 11.8. The lowest BCUT2D eigenvalue weighted by molar-refractivity contribution is -0.117. The van der Waals surface area contributed by atoms with Gasteiger partial charge in [-0.2, -0.15) is 0 Å². The van der Waals surface area contributed by atoms with Crippen LogP contribution in [0.25, 0.3) is 0 Å². The standard InChI is InChI=1S/C10H13NO2/c1-4-5-6-9(8(3)12)10(13)7(2)11/h4-6,11H,1-3H3. The van der Waals surface area contributed by atoms with E-state index in [2.05, 4.69) is 0 Å². The Morgan fingerprint density at radius 2 is 1.77 bits per heavy atom. The summed E-state index contributed by atoms with van der Waals surface area (Å²) in [4.78, 5) is 22.2. The molecule has 0 saturated heterocycles. The SMILES string of the molecule is CC=CC=C(C(C)=O)C(=O)C(C)=N. The molecule has 0 atom stereocenters. The molecule has 13 heavy (non-hydrogen) atoms. The van der Waals surface area contributed by atoms with Crippen molar-refractivity contribution in [2.75, 3.05) is 0 Å². The third kappa shape index (κ3) is 3.60. The number of rotatable bonds is 4. The number of ketones is 2. The Balaban J connectivity index is 4.93. The second-order valence-electron chi connectivity index (χ2n) is 2.62. The van der Waals surface area contributed by atoms with Crippen LogP contribution in [0.15, 0.2) is 23.8 Å². The fourth-order valence-corrected chi connectivity index (χ4v) is 0.747. The zero-order valence-electron chi connectivity index (χ0n) is 8.05. The van der Waals surface area contributed by atoms with Crippen LogP contribution in [-0.2, 0) is 9.59 Å². The first-order chi connectivity index (χ1) is 6.00. The minimum Gasteiger partial charge on any atom is -0.302 e. The first kappa shape index (κ1) is 11.5. The maximum atomic E-state index is 11.2. The fourth-order valence-electron chi connectivity index (χ4n) is 0.747. The smallest absolute Gasteiger partial charge is 0.209 e. The van der Waals surface area contributed by atoms with Crippen LogP contribution in [0.1, 0.15) is 20.8 Å². The molecule has 0 spiro atoms. The molecule has 0 amide bonds. The largest absolute Gasteiger partial charge is 0.302 e. The molecule has 0 saturated carbocycles. The van der Waals surface area contributed by atoms with Crippen molar-refractivity contribution in [1.82, 2.24) is 0 Å². The quantitative estimate of drug-likeness (QED) is 0.235. The van der Waals surface area contributed by atoms with Gasteiger partial charge >= 0.3 is 0 Å². The molecular formula is C10H13NO2. The van der Waals surface area contributed by atoms with Gasteiger partial charge in [0.25, 0.3) is 0 Å². The predicted octanol–water partition coefficient (Wildman–Crippen LogP) is 1.69. The van der Waals surface area contributed by atoms with Gasteiger partial charge in [-0.1, -0.05) is 12.2 Å². The van der Waals surface area contributed by atoms with Crippen LogP contribution in [0.3, 0.4) is 0 Å². The van der Waals surface area contributed by atoms with E-state index in [-0.39, 0.29) is 17.1 Å². The van der Waals surface area contributed by atoms with E-state index in [1.807, 2.05) is 0 Å². The van der Waals surface area contributed by atoms with Crippen LogP contribution in [0.4, 0.5) is 0 Å². The second-order valence-corrected chi connectivity index (χ2v) is 2.62. The Morgan fingerprint density at radius 3 is 2.08 bits per heavy atom. The van der Waals surface area contributed by atoms with E-state index < -0.39 is 5.78 Å². The Morgan fingerprint density at radius 1 is 1.23 bits per heavy atom. The molecule has 0 fully saturated rings. The second kappa shape index (κ2) is 5.19. The minimum absolute atomic E-state index is 0.0607. The summed E-state index contributed by atoms with van der Waals surface area (Å²) in [6.45, 7) is 4.47. The van der Waals surface area contributed by atoms with Gasteiger partial charge in [0.15, 0.2) is 5.78 Å². The summed E-state index contributed by atoms with van der Waals surface area (Å²) in [5.74, 6) is -0.819. The molecule has 0 rings (SSSR count). The summed E-state index contributed by atoms with van der Waals surface area (Å²) in [7, 11) is 0. The number of nitrogens with one attached hydrogen (secondary N) is 1. The van der Waals surface area contributed by atoms with Gasteiger partial charge in [0.2, 0.25) is 5.78 Å². The van der Waals surface area contributed by atoms with Crippen LogP contribution in [0, 0.1) is 5.41 Å². The molecule has 0 aromatic heterocycles. The summed E-state index contributed by atoms with van der Waals surface area (Å²) in [6.07, 6.45) is 4.76. The lowest BCUT2D eigenvalue weighted by atomic mass is 10.0. The van der Waals surface area contributed by atoms with E-state index in [9.17, 15) is 9.59 Å². The van der Waals surface area contributed by atoms with Crippen LogP contribution >= 0.6 is 0 Å². The average molecular weight is 179 g/mol. The molecule has 3 heteroatoms. The summed E-state index contributed by atoms with van der Waals surface area (Å²) >= 11 is 0.